The van der Waals surface area contributed by atoms with Crippen molar-refractivity contribution < 1.29 is 74.4 Å². The maximum Gasteiger partial charge on any atom is 0.239 e. The Morgan fingerprint density at radius 3 is 2.12 bits per heavy atom. The molecule has 0 spiro atoms. The smallest absolute Gasteiger partial charge is 0.239 e. The fourth-order valence-corrected chi connectivity index (χ4v) is 4.84. The summed E-state index contributed by atoms with van der Waals surface area (Å²) in [7, 11) is 0. The predicted molar refractivity (Wildman–Crippen MR) is 140 cm³/mol. The topological polar surface area (TPSA) is 269 Å². The number of ether oxygens (including phenoxy) is 4. The Hall–Kier alpha value is -3.71. The number of phenolic OH excluding ortho intramolecular Hbond substituents is 4. The van der Waals surface area contributed by atoms with Crippen LogP contribution in [0.15, 0.2) is 39.5 Å². The monoisotopic (exact) mass is 610 g/mol. The SMILES string of the molecule is C[C@H]1O[C@H](OC[C@@H]2O[C@@H](Oc3c(-c4ccc(O)c(O)c4)oc4cc(O)cc(O)c4c3=O)[C@@H](O)[C@H](O)[C@H]2O)[C@@H](O)[C@@H](O)[C@@H]1O. The van der Waals surface area contributed by atoms with E-state index < -0.39 is 113 Å². The molecular weight excluding hydrogens is 580 g/mol. The lowest BCUT2D eigenvalue weighted by molar-refractivity contribution is -0.318. The van der Waals surface area contributed by atoms with Crippen LogP contribution in [0, 0.1) is 0 Å². The zero-order valence-corrected chi connectivity index (χ0v) is 22.3. The largest absolute Gasteiger partial charge is 0.508 e. The zero-order chi connectivity index (χ0) is 31.3. The van der Waals surface area contributed by atoms with Crippen molar-refractivity contribution in [3.63, 3.8) is 0 Å². The summed E-state index contributed by atoms with van der Waals surface area (Å²) in [6.45, 7) is 0.818. The van der Waals surface area contributed by atoms with Gasteiger partial charge in [-0.3, -0.25) is 4.79 Å². The molecule has 2 saturated heterocycles. The number of hydrogen-bond donors (Lipinski definition) is 10. The molecule has 10 N–H and O–H groups in total. The van der Waals surface area contributed by atoms with Crippen LogP contribution in [0.3, 0.4) is 0 Å². The summed E-state index contributed by atoms with van der Waals surface area (Å²) in [6, 6.07) is 5.24. The lowest BCUT2D eigenvalue weighted by Crippen LogP contribution is -2.61. The minimum atomic E-state index is -1.97. The van der Waals surface area contributed by atoms with Crippen LogP contribution in [-0.4, -0.2) is 119 Å². The second-order valence-electron chi connectivity index (χ2n) is 10.3. The van der Waals surface area contributed by atoms with Crippen LogP contribution in [-0.2, 0) is 14.2 Å². The quantitative estimate of drug-likeness (QED) is 0.140. The van der Waals surface area contributed by atoms with E-state index in [0.29, 0.717) is 0 Å². The van der Waals surface area contributed by atoms with Crippen LogP contribution in [0.25, 0.3) is 22.3 Å². The summed E-state index contributed by atoms with van der Waals surface area (Å²) in [5.74, 6) is -3.33. The first-order chi connectivity index (χ1) is 20.3. The summed E-state index contributed by atoms with van der Waals surface area (Å²) in [6.07, 6.45) is -16.2. The molecule has 2 fully saturated rings. The molecule has 16 heteroatoms. The van der Waals surface area contributed by atoms with E-state index in [9.17, 15) is 55.9 Å². The minimum Gasteiger partial charge on any atom is -0.508 e. The molecule has 0 aliphatic carbocycles. The molecule has 16 nitrogen and oxygen atoms in total. The Balaban J connectivity index is 1.48. The maximum absolute atomic E-state index is 13.6. The summed E-state index contributed by atoms with van der Waals surface area (Å²) in [4.78, 5) is 13.6. The van der Waals surface area contributed by atoms with Gasteiger partial charge in [-0.1, -0.05) is 0 Å². The lowest BCUT2D eigenvalue weighted by atomic mass is 9.98. The molecule has 0 radical (unpaired) electrons. The summed E-state index contributed by atoms with van der Waals surface area (Å²) < 4.78 is 27.8. The summed E-state index contributed by atoms with van der Waals surface area (Å²) in [5.41, 5.74) is -1.35. The van der Waals surface area contributed by atoms with E-state index >= 15 is 0 Å². The van der Waals surface area contributed by atoms with E-state index in [2.05, 4.69) is 0 Å². The molecule has 43 heavy (non-hydrogen) atoms. The third-order valence-electron chi connectivity index (χ3n) is 7.29. The van der Waals surface area contributed by atoms with Gasteiger partial charge in [-0.05, 0) is 25.1 Å². The molecule has 2 aliphatic heterocycles. The summed E-state index contributed by atoms with van der Waals surface area (Å²) >= 11 is 0. The molecule has 2 aromatic carbocycles. The number of aliphatic hydroxyl groups is 6. The van der Waals surface area contributed by atoms with Crippen LogP contribution < -0.4 is 10.2 Å². The Kier molecular flexibility index (Phi) is 8.41. The molecule has 2 aliphatic rings. The van der Waals surface area contributed by atoms with Crippen molar-refractivity contribution in [3.05, 3.63) is 40.6 Å². The number of rotatable bonds is 6. The molecule has 0 unspecified atom stereocenters. The van der Waals surface area contributed by atoms with Gasteiger partial charge in [0, 0.05) is 17.7 Å². The number of fused-ring (bicyclic) bond motifs is 1. The molecule has 3 aromatic rings. The standard InChI is InChI=1S/C27H30O16/c1-8-17(32)20(35)22(37)26(40-8)39-7-15-18(33)21(36)23(38)27(42-15)43-25-19(34)16-13(31)5-10(28)6-14(16)41-24(25)9-2-3-11(29)12(30)4-9/h2-6,8,15,17-18,20-23,26-33,35-38H,7H2,1H3/t8-,15+,17-,18+,20+,21-,22+,23+,26+,27+/m1/s1. The highest BCUT2D eigenvalue weighted by Gasteiger charge is 2.47. The van der Waals surface area contributed by atoms with Gasteiger partial charge in [-0.15, -0.1) is 0 Å². The summed E-state index contributed by atoms with van der Waals surface area (Å²) in [5, 5.41) is 101. The highest BCUT2D eigenvalue weighted by Crippen LogP contribution is 2.39. The molecule has 234 valence electrons. The molecule has 1 aromatic heterocycles. The van der Waals surface area contributed by atoms with E-state index in [1.54, 1.807) is 0 Å². The normalized spacial score (nSPS) is 33.0. The highest BCUT2D eigenvalue weighted by molar-refractivity contribution is 5.88. The van der Waals surface area contributed by atoms with E-state index in [1.165, 1.54) is 13.0 Å². The second-order valence-corrected chi connectivity index (χ2v) is 10.3. The van der Waals surface area contributed by atoms with Crippen molar-refractivity contribution in [3.8, 4) is 40.1 Å². The van der Waals surface area contributed by atoms with Gasteiger partial charge in [0.05, 0.1) is 12.7 Å². The number of hydrogen-bond acceptors (Lipinski definition) is 16. The molecule has 3 heterocycles. The van der Waals surface area contributed by atoms with Crippen LogP contribution in [0.1, 0.15) is 6.92 Å². The van der Waals surface area contributed by atoms with E-state index in [0.717, 1.165) is 24.3 Å². The number of phenols is 4. The van der Waals surface area contributed by atoms with Crippen molar-refractivity contribution in [2.45, 2.75) is 68.3 Å². The van der Waals surface area contributed by atoms with Crippen molar-refractivity contribution in [1.29, 1.82) is 0 Å². The lowest BCUT2D eigenvalue weighted by Gasteiger charge is -2.42. The predicted octanol–water partition coefficient (Wildman–Crippen LogP) is -1.69. The van der Waals surface area contributed by atoms with Gasteiger partial charge in [-0.25, -0.2) is 0 Å². The van der Waals surface area contributed by atoms with Crippen LogP contribution in [0.5, 0.6) is 28.7 Å². The minimum absolute atomic E-state index is 0.0313. The third kappa shape index (κ3) is 5.67. The number of aliphatic hydroxyl groups excluding tert-OH is 6. The van der Waals surface area contributed by atoms with E-state index in [-0.39, 0.29) is 11.1 Å². The first-order valence-electron chi connectivity index (χ1n) is 13.0. The molecule has 5 rings (SSSR count). The molecule has 10 atom stereocenters. The second kappa shape index (κ2) is 11.8. The van der Waals surface area contributed by atoms with Gasteiger partial charge in [0.25, 0.3) is 0 Å². The molecule has 0 saturated carbocycles. The Bertz CT molecular complexity index is 1540. The van der Waals surface area contributed by atoms with Crippen LogP contribution >= 0.6 is 0 Å². The van der Waals surface area contributed by atoms with Gasteiger partial charge >= 0.3 is 0 Å². The van der Waals surface area contributed by atoms with Gasteiger partial charge < -0.3 is 74.4 Å². The van der Waals surface area contributed by atoms with E-state index in [1.807, 2.05) is 0 Å². The number of aromatic hydroxyl groups is 4. The Morgan fingerprint density at radius 2 is 1.42 bits per heavy atom. The Morgan fingerprint density at radius 1 is 0.744 bits per heavy atom. The van der Waals surface area contributed by atoms with Gasteiger partial charge in [0.2, 0.25) is 17.5 Å². The fourth-order valence-electron chi connectivity index (χ4n) is 4.84. The third-order valence-corrected chi connectivity index (χ3v) is 7.29. The average Bonchev–Trinajstić information content (AvgIpc) is 2.96. The fraction of sp³-hybridized carbons (Fsp3) is 0.444. The van der Waals surface area contributed by atoms with Crippen molar-refractivity contribution in [2.24, 2.45) is 0 Å². The van der Waals surface area contributed by atoms with Gasteiger partial charge in [-0.2, -0.15) is 0 Å². The zero-order valence-electron chi connectivity index (χ0n) is 22.3. The first kappa shape index (κ1) is 30.7. The van der Waals surface area contributed by atoms with Gasteiger partial charge in [0.15, 0.2) is 23.5 Å². The number of benzene rings is 2. The van der Waals surface area contributed by atoms with Crippen molar-refractivity contribution >= 4 is 11.0 Å². The first-order valence-corrected chi connectivity index (χ1v) is 13.0. The Labute approximate surface area is 241 Å². The molecule has 0 amide bonds. The van der Waals surface area contributed by atoms with Crippen LogP contribution in [0.2, 0.25) is 0 Å². The molecular formula is C27H30O16. The van der Waals surface area contributed by atoms with Crippen molar-refractivity contribution in [2.75, 3.05) is 6.61 Å². The average molecular weight is 611 g/mol. The maximum atomic E-state index is 13.6. The van der Waals surface area contributed by atoms with Gasteiger partial charge in [0.1, 0.15) is 65.2 Å². The van der Waals surface area contributed by atoms with Crippen molar-refractivity contribution in [1.82, 2.24) is 0 Å². The van der Waals surface area contributed by atoms with Crippen LogP contribution in [0.4, 0.5) is 0 Å². The van der Waals surface area contributed by atoms with E-state index in [4.69, 9.17) is 23.4 Å². The molecule has 0 bridgehead atoms. The highest BCUT2D eigenvalue weighted by atomic mass is 16.7.